The third-order valence-corrected chi connectivity index (χ3v) is 21.0. The molecule has 117 heavy (non-hydrogen) atoms. The number of hydrogen-bond donors (Lipinski definition) is 2. The summed E-state index contributed by atoms with van der Waals surface area (Å²) in [4.78, 5) is 41.0. The minimum atomic E-state index is -0.150. The van der Waals surface area contributed by atoms with Crippen LogP contribution in [-0.2, 0) is 9.53 Å². The third kappa shape index (κ3) is 36.6. The van der Waals surface area contributed by atoms with Crippen molar-refractivity contribution in [2.24, 2.45) is 85.1 Å². The number of nitrogen functional groups attached to an aromatic ring is 2. The van der Waals surface area contributed by atoms with E-state index < -0.39 is 0 Å². The van der Waals surface area contributed by atoms with Gasteiger partial charge in [-0.15, -0.1) is 23.7 Å². The summed E-state index contributed by atoms with van der Waals surface area (Å²) < 4.78 is 5.27. The number of hydrogen-bond acceptors (Lipinski definition) is 12. The van der Waals surface area contributed by atoms with Gasteiger partial charge in [0.2, 0.25) is 0 Å². The van der Waals surface area contributed by atoms with Gasteiger partial charge in [0.25, 0.3) is 22.8 Å². The van der Waals surface area contributed by atoms with Crippen LogP contribution in [-0.4, -0.2) is 45.4 Å². The van der Waals surface area contributed by atoms with Gasteiger partial charge in [-0.3, -0.25) is 20.0 Å². The Hall–Kier alpha value is -11.3. The fourth-order valence-corrected chi connectivity index (χ4v) is 14.8. The Kier molecular flexibility index (Phi) is 55.2. The largest absolute Gasteiger partial charge is 0.399 e. The molecule has 3 aromatic carbocycles. The first-order chi connectivity index (χ1) is 56.1. The van der Waals surface area contributed by atoms with Crippen LogP contribution in [0.25, 0.3) is 19.4 Å². The monoisotopic (exact) mass is 1580 g/mol. The predicted octanol–water partition coefficient (Wildman–Crippen LogP) is 26.4. The molecule has 16 heteroatoms. The van der Waals surface area contributed by atoms with Crippen LogP contribution in [0.5, 0.6) is 0 Å². The summed E-state index contributed by atoms with van der Waals surface area (Å²) in [5.41, 5.74) is 24.7. The molecule has 6 aliphatic rings. The van der Waals surface area contributed by atoms with Gasteiger partial charge in [-0.05, 0) is 296 Å². The number of aliphatic imine (C=N–C) groups is 4. The van der Waals surface area contributed by atoms with Crippen molar-refractivity contribution in [2.75, 3.05) is 18.6 Å². The molecule has 3 aromatic rings. The van der Waals surface area contributed by atoms with E-state index in [-0.39, 0.29) is 46.5 Å². The average Bonchev–Trinajstić information content (AvgIpc) is 1.71. The molecule has 11 unspecified atom stereocenters. The van der Waals surface area contributed by atoms with E-state index in [1.807, 2.05) is 123 Å². The van der Waals surface area contributed by atoms with Gasteiger partial charge in [0, 0.05) is 72.3 Å². The fourth-order valence-electron chi connectivity index (χ4n) is 14.8. The van der Waals surface area contributed by atoms with Crippen molar-refractivity contribution in [1.29, 1.82) is 21.0 Å². The first-order valence-electron chi connectivity index (χ1n) is 41.7. The van der Waals surface area contributed by atoms with E-state index in [0.29, 0.717) is 58.0 Å². The molecule has 6 fully saturated rings. The minimum absolute atomic E-state index is 0.00682. The van der Waals surface area contributed by atoms with Crippen LogP contribution in [0.4, 0.5) is 34.1 Å². The Morgan fingerprint density at radius 1 is 0.470 bits per heavy atom. The van der Waals surface area contributed by atoms with Gasteiger partial charge in [-0.25, -0.2) is 40.4 Å². The molecule has 9 rings (SSSR count). The normalized spacial score (nSPS) is 21.4. The number of anilines is 2. The molecular weight excluding hydrogens is 1440 g/mol. The second-order valence-electron chi connectivity index (χ2n) is 30.5. The first-order valence-corrected chi connectivity index (χ1v) is 41.7. The highest BCUT2D eigenvalue weighted by Gasteiger charge is 2.37. The Balaban J connectivity index is 0.00000138. The molecule has 11 atom stereocenters. The zero-order valence-electron chi connectivity index (χ0n) is 74.7. The van der Waals surface area contributed by atoms with Crippen LogP contribution in [0.3, 0.4) is 0 Å². The standard InChI is InChI=1S/C25H24N6.C18H22N2.C14H12N4.C9H14O.C9H12O.C9H14.C8H12N2.3C3H8/c1-15-8-19(14-31-22-11-16(2)21(28-5)10-17(22)3)20(9-15)25(24(13-27)30-7)18(4)23(12-26)29-6;1-5-7-15-8-6-9-16(15)12-20-18-11-13(2)17(19-4)10-14(18)3;1-10(12(8-15)17-2)14(13(9-16)18-3)11-6-4-5-7-11;1-3-5-8-6-4-7-9(8)10-2;1-2-4-8-5-3-6-9(8)7-10;1-3-5-9-7-4-6-8(9)2;1-5-3-8(10)6(2)4-7(5)9;3*1-3-2/h10-11,14-15,19-20H,5,8-9H2,1-4H3;10-12,15-16H,4,6,8-9H2,1-3H3;11H,4-7H2,1H3;8-9H,4,6-7H2,1-2H3;7-9H,3,5-6H2,1H3;8-9H,4,6-7H2,1-2H3;3-4H,9-10H2,1-2H3;3*3H2,1-2H3/b23-18-,25-24-,31-14?;;12-10+,14-13+;;;;;;;. The summed E-state index contributed by atoms with van der Waals surface area (Å²) in [5, 5.41) is 36.8. The quantitative estimate of drug-likeness (QED) is 0.0335. The molecular formula is C101H134N14O2. The topological polar surface area (TPSA) is 240 Å². The number of benzene rings is 3. The number of carbonyl (C=O) groups is 1. The summed E-state index contributed by atoms with van der Waals surface area (Å²) in [6.45, 7) is 76.0. The number of allylic oxidation sites excluding steroid dienone is 8. The van der Waals surface area contributed by atoms with Crippen molar-refractivity contribution in [3.8, 4) is 71.6 Å². The summed E-state index contributed by atoms with van der Waals surface area (Å²) >= 11 is 0. The van der Waals surface area contributed by atoms with Gasteiger partial charge >= 0.3 is 0 Å². The van der Waals surface area contributed by atoms with Gasteiger partial charge in [0.1, 0.15) is 6.29 Å². The molecule has 0 saturated heterocycles. The third-order valence-electron chi connectivity index (χ3n) is 21.0. The second-order valence-corrected chi connectivity index (χ2v) is 30.5. The SMILES string of the molecule is C=Nc1cc(C)c(N=CC2CCCC2C#CC)cc1C.CC#CC1CCCC1C.CC#CC1CCCC1C=O.CC#CC1CCCC1OC.CCC.CCC.CCC.Cc1cc(N)c(C)cc1N.[C-]#[N+]/C(C#N)=C(C)\C(=C(/C#N)[N+]#[C-])C1CC(C)CC1C=Nc1cc(C)c(N=C)cc1C.[C-]#[N+]/C(C#N)=C(\C(C)=C(/C#N)[N+]#[C-])C1CCCC1. The number of nitriles is 4. The highest BCUT2D eigenvalue weighted by atomic mass is 16.5. The predicted molar refractivity (Wildman–Crippen MR) is 491 cm³/mol. The summed E-state index contributed by atoms with van der Waals surface area (Å²) in [7, 11) is 1.78. The van der Waals surface area contributed by atoms with Crippen LogP contribution in [0.2, 0.25) is 0 Å². The molecule has 0 bridgehead atoms. The van der Waals surface area contributed by atoms with Crippen LogP contribution in [0.1, 0.15) is 265 Å². The van der Waals surface area contributed by atoms with E-state index in [9.17, 15) is 15.3 Å². The average molecular weight is 1580 g/mol. The van der Waals surface area contributed by atoms with Crippen molar-refractivity contribution in [3.05, 3.63) is 161 Å². The molecule has 620 valence electrons. The van der Waals surface area contributed by atoms with E-state index in [1.165, 1.54) is 83.5 Å². The molecule has 0 aliphatic heterocycles. The lowest BCUT2D eigenvalue weighted by molar-refractivity contribution is -0.111. The highest BCUT2D eigenvalue weighted by Crippen LogP contribution is 2.45. The molecule has 0 aromatic heterocycles. The van der Waals surface area contributed by atoms with Crippen molar-refractivity contribution in [1.82, 2.24) is 0 Å². The molecule has 6 saturated carbocycles. The Morgan fingerprint density at radius 2 is 0.821 bits per heavy atom. The van der Waals surface area contributed by atoms with Crippen LogP contribution >= 0.6 is 0 Å². The molecule has 16 nitrogen and oxygen atoms in total. The fraction of sp³-hybridized carbons (Fsp3) is 0.535. The molecule has 0 heterocycles. The lowest BCUT2D eigenvalue weighted by Gasteiger charge is -2.22. The number of rotatable bonds is 12. The van der Waals surface area contributed by atoms with Gasteiger partial charge in [0.05, 0.1) is 79.4 Å². The molecule has 4 N–H and O–H groups in total. The summed E-state index contributed by atoms with van der Waals surface area (Å²) in [5.74, 6) is 28.6. The Labute approximate surface area is 708 Å². The van der Waals surface area contributed by atoms with Crippen molar-refractivity contribution < 1.29 is 9.53 Å². The van der Waals surface area contributed by atoms with Crippen LogP contribution < -0.4 is 11.5 Å². The van der Waals surface area contributed by atoms with Gasteiger partial charge in [-0.2, -0.15) is 0 Å². The maximum Gasteiger partial charge on any atom is 0.264 e. The van der Waals surface area contributed by atoms with Crippen molar-refractivity contribution >= 4 is 66.3 Å². The van der Waals surface area contributed by atoms with Gasteiger partial charge in [0.15, 0.2) is 0 Å². The first kappa shape index (κ1) is 106. The number of ether oxygens (including phenoxy) is 1. The van der Waals surface area contributed by atoms with Crippen LogP contribution in [0.15, 0.2) is 101 Å². The van der Waals surface area contributed by atoms with E-state index in [0.717, 1.165) is 137 Å². The van der Waals surface area contributed by atoms with Crippen molar-refractivity contribution in [3.63, 3.8) is 0 Å². The molecule has 0 spiro atoms. The zero-order valence-corrected chi connectivity index (χ0v) is 74.7. The zero-order chi connectivity index (χ0) is 88.5. The number of nitrogens with zero attached hydrogens (tertiary/aromatic N) is 12. The maximum absolute atomic E-state index is 10.4. The second kappa shape index (κ2) is 61.1. The van der Waals surface area contributed by atoms with E-state index in [2.05, 4.69) is 165 Å². The summed E-state index contributed by atoms with van der Waals surface area (Å²) in [6, 6.07) is 19.4. The van der Waals surface area contributed by atoms with Crippen LogP contribution in [0, 0.1) is 226 Å². The van der Waals surface area contributed by atoms with E-state index in [1.54, 1.807) is 21.0 Å². The van der Waals surface area contributed by atoms with E-state index in [4.69, 9.17) is 63.0 Å². The number of carbonyl (C=O) groups excluding carboxylic acids is 1. The number of nitrogens with two attached hydrogens (primary N) is 2. The molecule has 0 radical (unpaired) electrons. The smallest absolute Gasteiger partial charge is 0.264 e. The number of methoxy groups -OCH3 is 1. The maximum atomic E-state index is 10.4. The lowest BCUT2D eigenvalue weighted by Crippen LogP contribution is -2.15. The summed E-state index contributed by atoms with van der Waals surface area (Å²) in [6.07, 6.45) is 29.6. The number of aldehydes is 1. The number of aryl methyl sites for hydroxylation is 6. The van der Waals surface area contributed by atoms with Gasteiger partial charge in [-0.1, -0.05) is 130 Å². The molecule has 6 aliphatic carbocycles. The van der Waals surface area contributed by atoms with E-state index >= 15 is 0 Å². The van der Waals surface area contributed by atoms with Crippen molar-refractivity contribution in [2.45, 2.75) is 279 Å². The molecule has 0 amide bonds. The Morgan fingerprint density at radius 3 is 1.21 bits per heavy atom. The highest BCUT2D eigenvalue weighted by molar-refractivity contribution is 5.73. The van der Waals surface area contributed by atoms with Gasteiger partial charge < -0.3 is 21.0 Å². The minimum Gasteiger partial charge on any atom is -0.399 e. The Bertz CT molecular complexity index is 4420. The lowest BCUT2D eigenvalue weighted by atomic mass is 9.83.